The van der Waals surface area contributed by atoms with Crippen molar-refractivity contribution in [3.63, 3.8) is 0 Å². The Hall–Kier alpha value is -0.160. The van der Waals surface area contributed by atoms with E-state index in [1.165, 1.54) is 25.9 Å². The van der Waals surface area contributed by atoms with Gasteiger partial charge in [-0.1, -0.05) is 0 Å². The van der Waals surface area contributed by atoms with E-state index in [0.29, 0.717) is 18.0 Å². The van der Waals surface area contributed by atoms with Gasteiger partial charge >= 0.3 is 0 Å². The molecule has 0 aromatic carbocycles. The molecule has 4 nitrogen and oxygen atoms in total. The molecule has 17 heavy (non-hydrogen) atoms. The lowest BCUT2D eigenvalue weighted by Crippen LogP contribution is -2.50. The van der Waals surface area contributed by atoms with Gasteiger partial charge < -0.3 is 20.3 Å². The van der Waals surface area contributed by atoms with Crippen LogP contribution in [0.5, 0.6) is 0 Å². The Kier molecular flexibility index (Phi) is 4.79. The van der Waals surface area contributed by atoms with Gasteiger partial charge in [-0.3, -0.25) is 0 Å². The van der Waals surface area contributed by atoms with E-state index in [4.69, 9.17) is 10.5 Å². The summed E-state index contributed by atoms with van der Waals surface area (Å²) < 4.78 is 5.54. The first kappa shape index (κ1) is 13.3. The second-order valence-corrected chi connectivity index (χ2v) is 5.79. The third kappa shape index (κ3) is 3.65. The Morgan fingerprint density at radius 3 is 2.94 bits per heavy atom. The van der Waals surface area contributed by atoms with Crippen LogP contribution < -0.4 is 5.73 Å². The van der Waals surface area contributed by atoms with Crippen LogP contribution in [0.2, 0.25) is 0 Å². The van der Waals surface area contributed by atoms with Crippen molar-refractivity contribution >= 4 is 0 Å². The lowest BCUT2D eigenvalue weighted by atomic mass is 9.95. The van der Waals surface area contributed by atoms with E-state index in [0.717, 1.165) is 26.2 Å². The van der Waals surface area contributed by atoms with E-state index in [2.05, 4.69) is 23.9 Å². The van der Waals surface area contributed by atoms with E-state index in [1.54, 1.807) is 0 Å². The molecule has 2 saturated heterocycles. The number of likely N-dealkylation sites (N-methyl/N-ethyl adjacent to an activating group) is 2. The summed E-state index contributed by atoms with van der Waals surface area (Å²) in [5, 5.41) is 0. The van der Waals surface area contributed by atoms with Gasteiger partial charge in [-0.15, -0.1) is 0 Å². The Bertz CT molecular complexity index is 237. The quantitative estimate of drug-likeness (QED) is 0.775. The summed E-state index contributed by atoms with van der Waals surface area (Å²) in [7, 11) is 4.46. The van der Waals surface area contributed by atoms with E-state index in [-0.39, 0.29) is 0 Å². The van der Waals surface area contributed by atoms with Gasteiger partial charge in [0.2, 0.25) is 0 Å². The number of ether oxygens (including phenoxy) is 1. The van der Waals surface area contributed by atoms with Crippen molar-refractivity contribution in [3.05, 3.63) is 0 Å². The fourth-order valence-corrected chi connectivity index (χ4v) is 3.02. The van der Waals surface area contributed by atoms with Gasteiger partial charge in [0, 0.05) is 37.7 Å². The number of piperidine rings is 1. The van der Waals surface area contributed by atoms with Crippen LogP contribution in [0, 0.1) is 5.92 Å². The summed E-state index contributed by atoms with van der Waals surface area (Å²) in [6.45, 7) is 5.21. The van der Waals surface area contributed by atoms with Crippen molar-refractivity contribution in [2.45, 2.75) is 31.3 Å². The molecule has 0 bridgehead atoms. The molecule has 2 rings (SSSR count). The van der Waals surface area contributed by atoms with Crippen LogP contribution in [0.25, 0.3) is 0 Å². The van der Waals surface area contributed by atoms with Crippen molar-refractivity contribution < 1.29 is 4.74 Å². The van der Waals surface area contributed by atoms with Crippen molar-refractivity contribution in [1.82, 2.24) is 9.80 Å². The maximum atomic E-state index is 6.17. The fourth-order valence-electron chi connectivity index (χ4n) is 3.02. The Morgan fingerprint density at radius 2 is 2.24 bits per heavy atom. The van der Waals surface area contributed by atoms with Crippen molar-refractivity contribution in [2.75, 3.05) is 46.9 Å². The zero-order valence-electron chi connectivity index (χ0n) is 11.3. The van der Waals surface area contributed by atoms with Gasteiger partial charge in [-0.2, -0.15) is 0 Å². The van der Waals surface area contributed by atoms with Crippen molar-refractivity contribution in [3.8, 4) is 0 Å². The molecule has 3 unspecified atom stereocenters. The molecular weight excluding hydrogens is 214 g/mol. The largest absolute Gasteiger partial charge is 0.381 e. The highest BCUT2D eigenvalue weighted by atomic mass is 16.5. The average molecular weight is 241 g/mol. The molecule has 100 valence electrons. The van der Waals surface area contributed by atoms with Crippen LogP contribution >= 0.6 is 0 Å². The van der Waals surface area contributed by atoms with Gasteiger partial charge in [0.1, 0.15) is 0 Å². The van der Waals surface area contributed by atoms with Crippen LogP contribution in [0.15, 0.2) is 0 Å². The predicted molar refractivity (Wildman–Crippen MR) is 70.1 cm³/mol. The molecule has 0 radical (unpaired) electrons. The number of rotatable bonds is 3. The molecule has 0 aromatic heterocycles. The summed E-state index contributed by atoms with van der Waals surface area (Å²) >= 11 is 0. The first-order valence-corrected chi connectivity index (χ1v) is 6.89. The van der Waals surface area contributed by atoms with Crippen LogP contribution in [0.1, 0.15) is 19.3 Å². The molecule has 0 saturated carbocycles. The van der Waals surface area contributed by atoms with E-state index < -0.39 is 0 Å². The summed E-state index contributed by atoms with van der Waals surface area (Å²) in [5.74, 6) is 0.515. The first-order valence-electron chi connectivity index (χ1n) is 6.89. The van der Waals surface area contributed by atoms with Crippen molar-refractivity contribution in [2.24, 2.45) is 11.7 Å². The van der Waals surface area contributed by atoms with Crippen LogP contribution in [0.3, 0.4) is 0 Å². The Morgan fingerprint density at radius 1 is 1.41 bits per heavy atom. The molecule has 0 amide bonds. The molecule has 0 aromatic rings. The number of hydrogen-bond donors (Lipinski definition) is 1. The minimum Gasteiger partial charge on any atom is -0.381 e. The lowest BCUT2D eigenvalue weighted by molar-refractivity contribution is 0.0179. The molecule has 2 aliphatic heterocycles. The predicted octanol–water partition coefficient (Wildman–Crippen LogP) is 0.376. The highest BCUT2D eigenvalue weighted by molar-refractivity contribution is 4.83. The molecule has 3 atom stereocenters. The highest BCUT2D eigenvalue weighted by Gasteiger charge is 2.27. The van der Waals surface area contributed by atoms with Crippen LogP contribution in [-0.4, -0.2) is 68.8 Å². The van der Waals surface area contributed by atoms with Gasteiger partial charge in [0.15, 0.2) is 0 Å². The molecule has 0 aliphatic carbocycles. The van der Waals surface area contributed by atoms with Gasteiger partial charge in [-0.05, 0) is 39.9 Å². The Balaban J connectivity index is 1.80. The number of hydrogen-bond acceptors (Lipinski definition) is 4. The third-order valence-electron chi connectivity index (χ3n) is 4.28. The maximum absolute atomic E-state index is 6.17. The molecule has 2 fully saturated rings. The summed E-state index contributed by atoms with van der Waals surface area (Å²) in [4.78, 5) is 4.93. The summed E-state index contributed by atoms with van der Waals surface area (Å²) in [6.07, 6.45) is 3.66. The fraction of sp³-hybridized carbons (Fsp3) is 1.00. The summed E-state index contributed by atoms with van der Waals surface area (Å²) in [5.41, 5.74) is 6.17. The minimum absolute atomic E-state index is 0.326. The number of nitrogens with two attached hydrogens (primary N) is 1. The molecule has 2 N–H and O–H groups in total. The van der Waals surface area contributed by atoms with Crippen LogP contribution in [-0.2, 0) is 4.74 Å². The maximum Gasteiger partial charge on any atom is 0.0521 e. The van der Waals surface area contributed by atoms with Crippen molar-refractivity contribution in [1.29, 1.82) is 0 Å². The van der Waals surface area contributed by atoms with Gasteiger partial charge in [0.05, 0.1) is 6.61 Å². The smallest absolute Gasteiger partial charge is 0.0521 e. The lowest BCUT2D eigenvalue weighted by Gasteiger charge is -2.39. The molecule has 0 spiro atoms. The highest BCUT2D eigenvalue weighted by Crippen LogP contribution is 2.18. The monoisotopic (exact) mass is 241 g/mol. The average Bonchev–Trinajstić information content (AvgIpc) is 2.32. The third-order valence-corrected chi connectivity index (χ3v) is 4.28. The van der Waals surface area contributed by atoms with E-state index in [9.17, 15) is 0 Å². The minimum atomic E-state index is 0.326. The molecular formula is C13H27N3O. The standard InChI is InChI=1S/C13H27N3O/c1-15-6-3-4-12(9-15)16(2)8-11-10-17-7-5-13(11)14/h11-13H,3-10,14H2,1-2H3. The zero-order valence-corrected chi connectivity index (χ0v) is 11.3. The van der Waals surface area contributed by atoms with E-state index in [1.807, 2.05) is 0 Å². The first-order chi connectivity index (χ1) is 8.16. The SMILES string of the molecule is CN1CCCC(N(C)CC2COCCC2N)C1. The van der Waals surface area contributed by atoms with Gasteiger partial charge in [-0.25, -0.2) is 0 Å². The van der Waals surface area contributed by atoms with Crippen LogP contribution in [0.4, 0.5) is 0 Å². The Labute approximate surface area is 105 Å². The second-order valence-electron chi connectivity index (χ2n) is 5.79. The van der Waals surface area contributed by atoms with Gasteiger partial charge in [0.25, 0.3) is 0 Å². The number of likely N-dealkylation sites (tertiary alicyclic amines) is 1. The molecule has 2 aliphatic rings. The second kappa shape index (κ2) is 6.14. The normalized spacial score (nSPS) is 36.4. The molecule has 2 heterocycles. The number of nitrogens with zero attached hydrogens (tertiary/aromatic N) is 2. The molecule has 4 heteroatoms. The van der Waals surface area contributed by atoms with E-state index >= 15 is 0 Å². The summed E-state index contributed by atoms with van der Waals surface area (Å²) in [6, 6.07) is 1.02. The topological polar surface area (TPSA) is 41.7 Å². The zero-order chi connectivity index (χ0) is 12.3.